The third-order valence-electron chi connectivity index (χ3n) is 6.94. The van der Waals surface area contributed by atoms with Crippen molar-refractivity contribution >= 4 is 34.6 Å². The fraction of sp³-hybridized carbons (Fsp3) is 0.385. The van der Waals surface area contributed by atoms with Gasteiger partial charge in [-0.15, -0.1) is 0 Å². The molecule has 1 fully saturated rings. The monoisotopic (exact) mass is 585 g/mol. The van der Waals surface area contributed by atoms with E-state index >= 15 is 0 Å². The molecule has 1 amide bonds. The molecule has 16 heteroatoms. The minimum absolute atomic E-state index is 0.00397. The van der Waals surface area contributed by atoms with E-state index < -0.39 is 35.9 Å². The van der Waals surface area contributed by atoms with Crippen molar-refractivity contribution in [3.05, 3.63) is 57.3 Å². The van der Waals surface area contributed by atoms with E-state index in [1.807, 2.05) is 0 Å². The average molecular weight is 586 g/mol. The second-order valence-corrected chi connectivity index (χ2v) is 9.97. The van der Waals surface area contributed by atoms with Crippen molar-refractivity contribution in [3.63, 3.8) is 0 Å². The molecule has 1 unspecified atom stereocenters. The molecule has 0 aromatic carbocycles. The molecule has 4 aromatic heterocycles. The van der Waals surface area contributed by atoms with Crippen molar-refractivity contribution < 1.29 is 22.8 Å². The maximum absolute atomic E-state index is 13.3. The van der Waals surface area contributed by atoms with Gasteiger partial charge in [0.05, 0.1) is 12.2 Å². The summed E-state index contributed by atoms with van der Waals surface area (Å²) >= 11 is 0. The molecular weight excluding hydrogens is 559 g/mol. The molecular formula is C26H26F3N9O4. The molecule has 0 spiro atoms. The summed E-state index contributed by atoms with van der Waals surface area (Å²) in [6, 6.07) is 3.17. The first kappa shape index (κ1) is 28.6. The number of nitrogens with one attached hydrogen (secondary N) is 1. The molecule has 0 bridgehead atoms. The fourth-order valence-corrected chi connectivity index (χ4v) is 4.98. The van der Waals surface area contributed by atoms with E-state index in [1.165, 1.54) is 37.0 Å². The number of ketones is 1. The fourth-order valence-electron chi connectivity index (χ4n) is 4.98. The molecule has 220 valence electrons. The van der Waals surface area contributed by atoms with Crippen LogP contribution in [0, 0.1) is 6.92 Å². The Hall–Kier alpha value is -4.89. The topological polar surface area (TPSA) is 150 Å². The van der Waals surface area contributed by atoms with Crippen LogP contribution in [-0.2, 0) is 29.7 Å². The van der Waals surface area contributed by atoms with Crippen molar-refractivity contribution in [2.24, 2.45) is 7.05 Å². The number of hydrogen-bond donors (Lipinski definition) is 1. The normalized spacial score (nSPS) is 15.4. The van der Waals surface area contributed by atoms with Gasteiger partial charge in [-0.25, -0.2) is 24.7 Å². The Labute approximate surface area is 235 Å². The summed E-state index contributed by atoms with van der Waals surface area (Å²) in [4.78, 5) is 68.4. The van der Waals surface area contributed by atoms with Crippen LogP contribution in [0.3, 0.4) is 0 Å². The molecule has 1 saturated heterocycles. The van der Waals surface area contributed by atoms with Gasteiger partial charge in [0.1, 0.15) is 30.0 Å². The van der Waals surface area contributed by atoms with Gasteiger partial charge in [-0.3, -0.25) is 23.5 Å². The molecule has 4 aromatic rings. The number of rotatable bonds is 7. The van der Waals surface area contributed by atoms with Gasteiger partial charge in [0.2, 0.25) is 11.9 Å². The summed E-state index contributed by atoms with van der Waals surface area (Å²) in [5.74, 6) is -0.487. The van der Waals surface area contributed by atoms with Crippen molar-refractivity contribution in [1.82, 2.24) is 33.6 Å². The Morgan fingerprint density at radius 2 is 1.79 bits per heavy atom. The molecule has 5 heterocycles. The first-order valence-corrected chi connectivity index (χ1v) is 12.9. The van der Waals surface area contributed by atoms with E-state index in [-0.39, 0.29) is 48.2 Å². The molecule has 0 radical (unpaired) electrons. The summed E-state index contributed by atoms with van der Waals surface area (Å²) in [5.41, 5.74) is -0.559. The number of amides is 1. The Morgan fingerprint density at radius 3 is 2.45 bits per heavy atom. The van der Waals surface area contributed by atoms with Crippen LogP contribution in [0.4, 0.5) is 24.9 Å². The number of aryl methyl sites for hydroxylation is 2. The van der Waals surface area contributed by atoms with Gasteiger partial charge in [0.15, 0.2) is 11.2 Å². The van der Waals surface area contributed by atoms with Crippen molar-refractivity contribution in [2.75, 3.05) is 16.8 Å². The molecule has 1 atom stereocenters. The largest absolute Gasteiger partial charge is 0.408 e. The van der Waals surface area contributed by atoms with E-state index in [0.29, 0.717) is 23.5 Å². The van der Waals surface area contributed by atoms with Gasteiger partial charge in [-0.2, -0.15) is 13.2 Å². The third-order valence-corrected chi connectivity index (χ3v) is 6.94. The second kappa shape index (κ2) is 10.8. The highest BCUT2D eigenvalue weighted by molar-refractivity contribution is 5.91. The lowest BCUT2D eigenvalue weighted by molar-refractivity contribution is -0.146. The van der Waals surface area contributed by atoms with Crippen LogP contribution in [0.2, 0.25) is 0 Å². The zero-order valence-electron chi connectivity index (χ0n) is 22.8. The van der Waals surface area contributed by atoms with Gasteiger partial charge in [0.25, 0.3) is 5.56 Å². The van der Waals surface area contributed by atoms with Gasteiger partial charge < -0.3 is 14.8 Å². The standard InChI is InChI=1S/C26H26F3N9O4/c1-14(39)12-38-23(41)21-22(35(3)25(38)42)32-15(2)37(21)13-20(40)34-19-8-4-6-17(33-19)16-10-30-24(31-11-16)36-9-5-7-18(36)26(27,28)29/h4,6,8,10-11,18H,5,7,9,12-13H2,1-3H3,(H,33,34,40). The lowest BCUT2D eigenvalue weighted by Crippen LogP contribution is -2.42. The number of imidazole rings is 1. The van der Waals surface area contributed by atoms with Crippen molar-refractivity contribution in [1.29, 1.82) is 0 Å². The van der Waals surface area contributed by atoms with Crippen LogP contribution >= 0.6 is 0 Å². The molecule has 42 heavy (non-hydrogen) atoms. The molecule has 1 aliphatic heterocycles. The Kier molecular flexibility index (Phi) is 7.38. The van der Waals surface area contributed by atoms with Gasteiger partial charge in [0, 0.05) is 31.5 Å². The van der Waals surface area contributed by atoms with Crippen molar-refractivity contribution in [3.8, 4) is 11.3 Å². The second-order valence-electron chi connectivity index (χ2n) is 9.97. The Balaban J connectivity index is 1.36. The predicted molar refractivity (Wildman–Crippen MR) is 145 cm³/mol. The van der Waals surface area contributed by atoms with E-state index in [2.05, 4.69) is 25.3 Å². The number of aromatic nitrogens is 7. The summed E-state index contributed by atoms with van der Waals surface area (Å²) in [6.45, 7) is 2.28. The maximum Gasteiger partial charge on any atom is 0.408 e. The van der Waals surface area contributed by atoms with E-state index in [0.717, 1.165) is 14.0 Å². The summed E-state index contributed by atoms with van der Waals surface area (Å²) in [7, 11) is 1.42. The number of alkyl halides is 3. The zero-order valence-corrected chi connectivity index (χ0v) is 22.8. The van der Waals surface area contributed by atoms with E-state index in [1.54, 1.807) is 19.1 Å². The molecule has 1 N–H and O–H groups in total. The van der Waals surface area contributed by atoms with Gasteiger partial charge >= 0.3 is 11.9 Å². The summed E-state index contributed by atoms with van der Waals surface area (Å²) in [5, 5.41) is 2.65. The molecule has 0 aliphatic carbocycles. The third kappa shape index (κ3) is 5.38. The first-order valence-electron chi connectivity index (χ1n) is 12.9. The molecule has 0 saturated carbocycles. The molecule has 13 nitrogen and oxygen atoms in total. The van der Waals surface area contributed by atoms with Crippen LogP contribution in [0.25, 0.3) is 22.4 Å². The van der Waals surface area contributed by atoms with Crippen LogP contribution in [-0.4, -0.2) is 64.1 Å². The SMILES string of the molecule is CC(=O)Cn1c(=O)c2c(nc(C)n2CC(=O)Nc2cccc(-c3cnc(N4CCCC4C(F)(F)F)nc3)n2)n(C)c1=O. The summed E-state index contributed by atoms with van der Waals surface area (Å²) in [6.07, 6.45) is -1.26. The molecule has 1 aliphatic rings. The van der Waals surface area contributed by atoms with Crippen LogP contribution in [0.5, 0.6) is 0 Å². The summed E-state index contributed by atoms with van der Waals surface area (Å²) < 4.78 is 43.3. The average Bonchev–Trinajstić information content (AvgIpc) is 3.56. The quantitative estimate of drug-likeness (QED) is 0.343. The lowest BCUT2D eigenvalue weighted by atomic mass is 10.2. The zero-order chi connectivity index (χ0) is 30.3. The van der Waals surface area contributed by atoms with E-state index in [9.17, 15) is 32.3 Å². The number of pyridine rings is 1. The number of hydrogen-bond acceptors (Lipinski definition) is 9. The number of carbonyl (C=O) groups excluding carboxylic acids is 2. The Morgan fingerprint density at radius 1 is 1.07 bits per heavy atom. The number of Topliss-reactive ketones (excluding diaryl/α,β-unsaturated/α-hetero) is 1. The number of fused-ring (bicyclic) bond motifs is 1. The number of nitrogens with zero attached hydrogens (tertiary/aromatic N) is 8. The Bertz CT molecular complexity index is 1810. The minimum Gasteiger partial charge on any atom is -0.329 e. The highest BCUT2D eigenvalue weighted by Crippen LogP contribution is 2.34. The first-order chi connectivity index (χ1) is 19.8. The lowest BCUT2D eigenvalue weighted by Gasteiger charge is -2.26. The predicted octanol–water partition coefficient (Wildman–Crippen LogP) is 1.82. The van der Waals surface area contributed by atoms with Crippen molar-refractivity contribution in [2.45, 2.75) is 52.0 Å². The number of halogens is 3. The highest BCUT2D eigenvalue weighted by atomic mass is 19.4. The molecule has 5 rings (SSSR count). The van der Waals surface area contributed by atoms with Crippen LogP contribution < -0.4 is 21.5 Å². The smallest absolute Gasteiger partial charge is 0.329 e. The number of anilines is 2. The van der Waals surface area contributed by atoms with Gasteiger partial charge in [-0.05, 0) is 38.8 Å². The maximum atomic E-state index is 13.3. The van der Waals surface area contributed by atoms with Crippen LogP contribution in [0.15, 0.2) is 40.2 Å². The highest BCUT2D eigenvalue weighted by Gasteiger charge is 2.46. The minimum atomic E-state index is -4.38. The van der Waals surface area contributed by atoms with Crippen LogP contribution in [0.1, 0.15) is 25.6 Å². The van der Waals surface area contributed by atoms with E-state index in [4.69, 9.17) is 0 Å². The number of carbonyl (C=O) groups is 2. The van der Waals surface area contributed by atoms with Gasteiger partial charge in [-0.1, -0.05) is 6.07 Å².